The lowest BCUT2D eigenvalue weighted by Gasteiger charge is -2.12. The molecule has 1 saturated heterocycles. The number of benzene rings is 3. The van der Waals surface area contributed by atoms with Crippen LogP contribution in [0.4, 0.5) is 14.9 Å². The number of carbonyl (C=O) groups is 3. The SMILES string of the molecule is Cc1cccc(COc2ccc(/C=C3\SC(=O)N(CC(=O)Nc4ccc(F)cc4)C3=O)cc2Br)c1. The van der Waals surface area contributed by atoms with Gasteiger partial charge in [-0.1, -0.05) is 35.9 Å². The molecule has 1 heterocycles. The van der Waals surface area contributed by atoms with Gasteiger partial charge < -0.3 is 10.1 Å². The van der Waals surface area contributed by atoms with E-state index in [1.807, 2.05) is 25.1 Å². The minimum atomic E-state index is -0.557. The summed E-state index contributed by atoms with van der Waals surface area (Å²) in [5, 5.41) is 2.01. The van der Waals surface area contributed by atoms with Gasteiger partial charge in [-0.25, -0.2) is 4.39 Å². The molecule has 6 nitrogen and oxygen atoms in total. The van der Waals surface area contributed by atoms with Crippen molar-refractivity contribution in [1.82, 2.24) is 4.90 Å². The summed E-state index contributed by atoms with van der Waals surface area (Å²) in [5.41, 5.74) is 3.27. The van der Waals surface area contributed by atoms with E-state index in [0.29, 0.717) is 28.1 Å². The van der Waals surface area contributed by atoms with Gasteiger partial charge in [0.1, 0.15) is 24.7 Å². The van der Waals surface area contributed by atoms with Crippen molar-refractivity contribution >= 4 is 56.5 Å². The Morgan fingerprint density at radius 3 is 2.60 bits per heavy atom. The maximum atomic E-state index is 13.0. The first-order valence-corrected chi connectivity index (χ1v) is 12.2. The summed E-state index contributed by atoms with van der Waals surface area (Å²) in [6.07, 6.45) is 1.60. The number of nitrogens with one attached hydrogen (secondary N) is 1. The number of ether oxygens (including phenoxy) is 1. The fourth-order valence-electron chi connectivity index (χ4n) is 3.35. The molecule has 1 aliphatic heterocycles. The first kappa shape index (κ1) is 24.7. The van der Waals surface area contributed by atoms with Gasteiger partial charge in [-0.2, -0.15) is 0 Å². The highest BCUT2D eigenvalue weighted by atomic mass is 79.9. The molecule has 0 aliphatic carbocycles. The molecule has 1 N–H and O–H groups in total. The zero-order valence-electron chi connectivity index (χ0n) is 18.6. The van der Waals surface area contributed by atoms with Gasteiger partial charge in [0, 0.05) is 5.69 Å². The lowest BCUT2D eigenvalue weighted by molar-refractivity contribution is -0.127. The van der Waals surface area contributed by atoms with Crippen LogP contribution in [0.25, 0.3) is 6.08 Å². The molecule has 0 radical (unpaired) electrons. The van der Waals surface area contributed by atoms with Gasteiger partial charge in [0.25, 0.3) is 11.1 Å². The minimum absolute atomic E-state index is 0.213. The second-order valence-electron chi connectivity index (χ2n) is 7.79. The maximum Gasteiger partial charge on any atom is 0.294 e. The van der Waals surface area contributed by atoms with Gasteiger partial charge in [-0.3, -0.25) is 19.3 Å². The van der Waals surface area contributed by atoms with Gasteiger partial charge in [-0.15, -0.1) is 0 Å². The molecule has 0 unspecified atom stereocenters. The number of carbonyl (C=O) groups excluding carboxylic acids is 3. The van der Waals surface area contributed by atoms with Crippen LogP contribution in [0.1, 0.15) is 16.7 Å². The first-order chi connectivity index (χ1) is 16.8. The summed E-state index contributed by atoms with van der Waals surface area (Å²) in [5.74, 6) is -0.894. The Bertz CT molecular complexity index is 1330. The van der Waals surface area contributed by atoms with E-state index in [0.717, 1.165) is 27.8 Å². The number of amides is 3. The average molecular weight is 555 g/mol. The summed E-state index contributed by atoms with van der Waals surface area (Å²) >= 11 is 4.26. The van der Waals surface area contributed by atoms with Gasteiger partial charge in [0.2, 0.25) is 5.91 Å². The molecule has 3 amide bonds. The molecule has 3 aromatic rings. The fraction of sp³-hybridized carbons (Fsp3) is 0.115. The third kappa shape index (κ3) is 6.37. The molecule has 0 atom stereocenters. The highest BCUT2D eigenvalue weighted by Gasteiger charge is 2.36. The zero-order valence-corrected chi connectivity index (χ0v) is 21.0. The normalized spacial score (nSPS) is 14.5. The first-order valence-electron chi connectivity index (χ1n) is 10.6. The van der Waals surface area contributed by atoms with E-state index in [1.54, 1.807) is 24.3 Å². The number of rotatable bonds is 7. The third-order valence-electron chi connectivity index (χ3n) is 5.03. The minimum Gasteiger partial charge on any atom is -0.488 e. The Morgan fingerprint density at radius 1 is 1.11 bits per heavy atom. The second kappa shape index (κ2) is 10.9. The number of nitrogens with zero attached hydrogens (tertiary/aromatic N) is 1. The van der Waals surface area contributed by atoms with Crippen molar-refractivity contribution in [2.24, 2.45) is 0 Å². The molecular weight excluding hydrogens is 535 g/mol. The Morgan fingerprint density at radius 2 is 1.89 bits per heavy atom. The van der Waals surface area contributed by atoms with E-state index in [2.05, 4.69) is 27.3 Å². The number of halogens is 2. The van der Waals surface area contributed by atoms with Crippen molar-refractivity contribution in [1.29, 1.82) is 0 Å². The summed E-state index contributed by atoms with van der Waals surface area (Å²) < 4.78 is 19.6. The Labute approximate surface area is 214 Å². The predicted octanol–water partition coefficient (Wildman–Crippen LogP) is 6.15. The van der Waals surface area contributed by atoms with E-state index in [4.69, 9.17) is 4.74 Å². The van der Waals surface area contributed by atoms with E-state index >= 15 is 0 Å². The summed E-state index contributed by atoms with van der Waals surface area (Å²) in [7, 11) is 0. The van der Waals surface area contributed by atoms with Crippen LogP contribution in [0.2, 0.25) is 0 Å². The standard InChI is InChI=1S/C26H20BrFN2O4S/c1-16-3-2-4-18(11-16)15-34-22-10-5-17(12-21(22)27)13-23-25(32)30(26(33)35-23)14-24(31)29-20-8-6-19(28)7-9-20/h2-13H,14-15H2,1H3,(H,29,31)/b23-13-. The molecule has 0 spiro atoms. The predicted molar refractivity (Wildman–Crippen MR) is 137 cm³/mol. The van der Waals surface area contributed by atoms with Gasteiger partial charge in [-0.05, 0) is 88.2 Å². The van der Waals surface area contributed by atoms with Gasteiger partial charge in [0.15, 0.2) is 0 Å². The fourth-order valence-corrected chi connectivity index (χ4v) is 4.70. The van der Waals surface area contributed by atoms with Crippen molar-refractivity contribution < 1.29 is 23.5 Å². The van der Waals surface area contributed by atoms with Crippen molar-refractivity contribution in [2.75, 3.05) is 11.9 Å². The molecule has 35 heavy (non-hydrogen) atoms. The number of thioether (sulfide) groups is 1. The number of aryl methyl sites for hydroxylation is 1. The smallest absolute Gasteiger partial charge is 0.294 e. The molecule has 4 rings (SSSR count). The van der Waals surface area contributed by atoms with E-state index < -0.39 is 29.4 Å². The Hall–Kier alpha value is -3.43. The van der Waals surface area contributed by atoms with Crippen LogP contribution in [0.5, 0.6) is 5.75 Å². The molecule has 3 aromatic carbocycles. The number of anilines is 1. The number of hydrogen-bond donors (Lipinski definition) is 1. The number of imide groups is 1. The van der Waals surface area contributed by atoms with E-state index in [-0.39, 0.29) is 4.91 Å². The zero-order chi connectivity index (χ0) is 24.9. The van der Waals surface area contributed by atoms with Crippen LogP contribution >= 0.6 is 27.7 Å². The molecule has 0 bridgehead atoms. The molecule has 178 valence electrons. The molecule has 1 aliphatic rings. The Kier molecular flexibility index (Phi) is 7.67. The molecule has 0 saturated carbocycles. The van der Waals surface area contributed by atoms with Crippen molar-refractivity contribution in [2.45, 2.75) is 13.5 Å². The largest absolute Gasteiger partial charge is 0.488 e. The van der Waals surface area contributed by atoms with Crippen LogP contribution in [-0.2, 0) is 16.2 Å². The van der Waals surface area contributed by atoms with Crippen molar-refractivity contribution in [3.8, 4) is 5.75 Å². The summed E-state index contributed by atoms with van der Waals surface area (Å²) in [6, 6.07) is 18.6. The topological polar surface area (TPSA) is 75.7 Å². The quantitative estimate of drug-likeness (QED) is 0.354. The van der Waals surface area contributed by atoms with Crippen LogP contribution < -0.4 is 10.1 Å². The third-order valence-corrected chi connectivity index (χ3v) is 6.56. The lowest BCUT2D eigenvalue weighted by Crippen LogP contribution is -2.36. The van der Waals surface area contributed by atoms with Crippen molar-refractivity contribution in [3.63, 3.8) is 0 Å². The highest BCUT2D eigenvalue weighted by Crippen LogP contribution is 2.34. The average Bonchev–Trinajstić information content (AvgIpc) is 3.07. The van der Waals surface area contributed by atoms with Gasteiger partial charge in [0.05, 0.1) is 9.38 Å². The summed E-state index contributed by atoms with van der Waals surface area (Å²) in [6.45, 7) is 2.00. The number of hydrogen-bond acceptors (Lipinski definition) is 5. The lowest BCUT2D eigenvalue weighted by atomic mass is 10.1. The molecule has 1 fully saturated rings. The van der Waals surface area contributed by atoms with E-state index in [9.17, 15) is 18.8 Å². The van der Waals surface area contributed by atoms with Crippen LogP contribution in [0.3, 0.4) is 0 Å². The maximum absolute atomic E-state index is 13.0. The van der Waals surface area contributed by atoms with Gasteiger partial charge >= 0.3 is 0 Å². The van der Waals surface area contributed by atoms with E-state index in [1.165, 1.54) is 24.3 Å². The Balaban J connectivity index is 1.39. The second-order valence-corrected chi connectivity index (χ2v) is 9.64. The van der Waals surface area contributed by atoms with Crippen LogP contribution in [0.15, 0.2) is 76.1 Å². The molecule has 0 aromatic heterocycles. The highest BCUT2D eigenvalue weighted by molar-refractivity contribution is 9.10. The molecular formula is C26H20BrFN2O4S. The monoisotopic (exact) mass is 554 g/mol. The summed E-state index contributed by atoms with van der Waals surface area (Å²) in [4.78, 5) is 38.5. The van der Waals surface area contributed by atoms with Crippen molar-refractivity contribution in [3.05, 3.63) is 98.6 Å². The van der Waals surface area contributed by atoms with Crippen LogP contribution in [-0.4, -0.2) is 28.5 Å². The van der Waals surface area contributed by atoms with Crippen LogP contribution in [0, 0.1) is 12.7 Å². The molecule has 9 heteroatoms.